The summed E-state index contributed by atoms with van der Waals surface area (Å²) in [6, 6.07) is 30.9. The van der Waals surface area contributed by atoms with Gasteiger partial charge < -0.3 is 15.0 Å². The molecule has 6 rings (SSSR count). The van der Waals surface area contributed by atoms with Crippen LogP contribution in [0.15, 0.2) is 91.0 Å². The first-order valence-electron chi connectivity index (χ1n) is 14.5. The minimum atomic E-state index is -0.356. The van der Waals surface area contributed by atoms with Crippen molar-refractivity contribution in [3.8, 4) is 22.5 Å². The lowest BCUT2D eigenvalue weighted by molar-refractivity contribution is -0.139. The summed E-state index contributed by atoms with van der Waals surface area (Å²) >= 11 is 1.44. The number of nitrogens with zero attached hydrogens (tertiary/aromatic N) is 5. The maximum Gasteiger partial charge on any atom is 0.251 e. The number of benzene rings is 3. The first kappa shape index (κ1) is 29.4. The van der Waals surface area contributed by atoms with Crippen molar-refractivity contribution in [3.63, 3.8) is 0 Å². The largest absolute Gasteiger partial charge is 0.362 e. The molecule has 0 saturated carbocycles. The first-order chi connectivity index (χ1) is 21.6. The standard InChI is InChI=1S/C33H33N7O3S/c1-23-29(24-11-5-2-6-12-24)30(32-35-37-38-36-32)33(44-23)34-27(41)21-43-22-28(42)39-17-19-40(20-18-39)31(25-13-7-3-8-14-25)26-15-9-4-10-16-26/h2-16,31H,17-22H2,1H3,(H,34,41)(H,35,36,37,38). The fraction of sp³-hybridized carbons (Fsp3) is 0.242. The van der Waals surface area contributed by atoms with E-state index < -0.39 is 0 Å². The third kappa shape index (κ3) is 6.60. The van der Waals surface area contributed by atoms with Gasteiger partial charge in [-0.25, -0.2) is 5.10 Å². The molecule has 224 valence electrons. The van der Waals surface area contributed by atoms with E-state index in [2.05, 4.69) is 79.4 Å². The highest BCUT2D eigenvalue weighted by atomic mass is 32.1. The fourth-order valence-corrected chi connectivity index (χ4v) is 6.77. The van der Waals surface area contributed by atoms with E-state index in [0.717, 1.165) is 34.7 Å². The molecule has 11 heteroatoms. The van der Waals surface area contributed by atoms with Crippen molar-refractivity contribution in [2.45, 2.75) is 13.0 Å². The molecule has 0 unspecified atom stereocenters. The van der Waals surface area contributed by atoms with Crippen LogP contribution < -0.4 is 5.32 Å². The van der Waals surface area contributed by atoms with Gasteiger partial charge in [0.15, 0.2) is 5.82 Å². The van der Waals surface area contributed by atoms with Crippen LogP contribution in [-0.4, -0.2) is 81.6 Å². The third-order valence-corrected chi connectivity index (χ3v) is 8.72. The topological polar surface area (TPSA) is 116 Å². The maximum absolute atomic E-state index is 13.0. The van der Waals surface area contributed by atoms with E-state index in [9.17, 15) is 9.59 Å². The molecule has 1 aliphatic rings. The second kappa shape index (κ2) is 13.7. The van der Waals surface area contributed by atoms with Gasteiger partial charge in [0.2, 0.25) is 5.91 Å². The summed E-state index contributed by atoms with van der Waals surface area (Å²) < 4.78 is 5.59. The van der Waals surface area contributed by atoms with Gasteiger partial charge in [-0.1, -0.05) is 91.0 Å². The molecular formula is C33H33N7O3S. The van der Waals surface area contributed by atoms with Crippen molar-refractivity contribution in [2.24, 2.45) is 0 Å². The quantitative estimate of drug-likeness (QED) is 0.235. The lowest BCUT2D eigenvalue weighted by Crippen LogP contribution is -2.50. The third-order valence-electron chi connectivity index (χ3n) is 7.70. The first-order valence-corrected chi connectivity index (χ1v) is 15.3. The number of hydrogen-bond donors (Lipinski definition) is 2. The molecular weight excluding hydrogens is 574 g/mol. The molecule has 2 amide bonds. The number of ether oxygens (including phenoxy) is 1. The molecule has 3 heterocycles. The van der Waals surface area contributed by atoms with Gasteiger partial charge in [0, 0.05) is 36.6 Å². The molecule has 10 nitrogen and oxygen atoms in total. The average molecular weight is 608 g/mol. The Bertz CT molecular complexity index is 1630. The van der Waals surface area contributed by atoms with Gasteiger partial charge in [0.25, 0.3) is 5.91 Å². The van der Waals surface area contributed by atoms with E-state index in [1.54, 1.807) is 0 Å². The van der Waals surface area contributed by atoms with Crippen LogP contribution in [0.5, 0.6) is 0 Å². The molecule has 2 aromatic heterocycles. The average Bonchev–Trinajstić information content (AvgIpc) is 3.70. The number of thiophene rings is 1. The minimum Gasteiger partial charge on any atom is -0.362 e. The number of carbonyl (C=O) groups is 2. The number of tetrazole rings is 1. The predicted molar refractivity (Wildman–Crippen MR) is 170 cm³/mol. The molecule has 44 heavy (non-hydrogen) atoms. The highest BCUT2D eigenvalue weighted by Gasteiger charge is 2.28. The molecule has 0 bridgehead atoms. The van der Waals surface area contributed by atoms with E-state index in [-0.39, 0.29) is 31.1 Å². The van der Waals surface area contributed by atoms with Gasteiger partial charge >= 0.3 is 0 Å². The molecule has 0 atom stereocenters. The molecule has 5 aromatic rings. The predicted octanol–water partition coefficient (Wildman–Crippen LogP) is 4.79. The molecule has 0 aliphatic carbocycles. The molecule has 3 aromatic carbocycles. The number of nitrogens with one attached hydrogen (secondary N) is 2. The number of rotatable bonds is 10. The minimum absolute atomic E-state index is 0.121. The van der Waals surface area contributed by atoms with Crippen LogP contribution in [0.4, 0.5) is 5.00 Å². The van der Waals surface area contributed by atoms with E-state index in [1.165, 1.54) is 22.5 Å². The van der Waals surface area contributed by atoms with Crippen molar-refractivity contribution >= 4 is 28.2 Å². The lowest BCUT2D eigenvalue weighted by atomic mass is 9.96. The summed E-state index contributed by atoms with van der Waals surface area (Å²) in [7, 11) is 0. The van der Waals surface area contributed by atoms with Crippen LogP contribution in [0.1, 0.15) is 22.0 Å². The maximum atomic E-state index is 13.0. The Morgan fingerprint density at radius 3 is 2.07 bits per heavy atom. The fourth-order valence-electron chi connectivity index (χ4n) is 5.68. The summed E-state index contributed by atoms with van der Waals surface area (Å²) in [5, 5.41) is 17.9. The van der Waals surface area contributed by atoms with Crippen LogP contribution in [0.2, 0.25) is 0 Å². The second-order valence-corrected chi connectivity index (χ2v) is 11.8. The van der Waals surface area contributed by atoms with Gasteiger partial charge in [-0.3, -0.25) is 14.5 Å². The van der Waals surface area contributed by atoms with E-state index >= 15 is 0 Å². The summed E-state index contributed by atoms with van der Waals surface area (Å²) in [6.45, 7) is 4.24. The van der Waals surface area contributed by atoms with Gasteiger partial charge in [-0.15, -0.1) is 16.4 Å². The van der Waals surface area contributed by atoms with E-state index in [1.807, 2.05) is 54.3 Å². The van der Waals surface area contributed by atoms with Crippen molar-refractivity contribution in [3.05, 3.63) is 107 Å². The van der Waals surface area contributed by atoms with Crippen LogP contribution >= 0.6 is 11.3 Å². The normalized spacial score (nSPS) is 13.7. The van der Waals surface area contributed by atoms with Crippen molar-refractivity contribution in [2.75, 3.05) is 44.7 Å². The Morgan fingerprint density at radius 2 is 1.48 bits per heavy atom. The zero-order chi connectivity index (χ0) is 30.3. The van der Waals surface area contributed by atoms with Crippen LogP contribution in [-0.2, 0) is 14.3 Å². The Hall–Kier alpha value is -4.71. The van der Waals surface area contributed by atoms with E-state index in [4.69, 9.17) is 4.74 Å². The van der Waals surface area contributed by atoms with Crippen molar-refractivity contribution < 1.29 is 14.3 Å². The number of piperazine rings is 1. The van der Waals surface area contributed by atoms with Gasteiger partial charge in [0.05, 0.1) is 11.6 Å². The monoisotopic (exact) mass is 607 g/mol. The highest BCUT2D eigenvalue weighted by molar-refractivity contribution is 7.17. The molecule has 0 radical (unpaired) electrons. The summed E-state index contributed by atoms with van der Waals surface area (Å²) in [4.78, 5) is 31.1. The van der Waals surface area contributed by atoms with Crippen LogP contribution in [0, 0.1) is 6.92 Å². The van der Waals surface area contributed by atoms with E-state index in [0.29, 0.717) is 23.9 Å². The lowest BCUT2D eigenvalue weighted by Gasteiger charge is -2.39. The molecule has 1 aliphatic heterocycles. The van der Waals surface area contributed by atoms with Crippen LogP contribution in [0.25, 0.3) is 22.5 Å². The summed E-state index contributed by atoms with van der Waals surface area (Å²) in [5.74, 6) is -0.0218. The highest BCUT2D eigenvalue weighted by Crippen LogP contribution is 2.44. The number of aromatic amines is 1. The number of carbonyl (C=O) groups excluding carboxylic acids is 2. The molecule has 2 N–H and O–H groups in total. The van der Waals surface area contributed by atoms with Crippen molar-refractivity contribution in [1.29, 1.82) is 0 Å². The number of aryl methyl sites for hydroxylation is 1. The summed E-state index contributed by atoms with van der Waals surface area (Å²) in [5.41, 5.74) is 5.12. The SMILES string of the molecule is Cc1sc(NC(=O)COCC(=O)N2CCN(C(c3ccccc3)c3ccccc3)CC2)c(-c2nnn[nH]2)c1-c1ccccc1. The molecule has 1 saturated heterocycles. The number of anilines is 1. The van der Waals surface area contributed by atoms with Crippen LogP contribution in [0.3, 0.4) is 0 Å². The Balaban J connectivity index is 1.04. The zero-order valence-electron chi connectivity index (χ0n) is 24.3. The van der Waals surface area contributed by atoms with Gasteiger partial charge in [0.1, 0.15) is 18.2 Å². The number of amides is 2. The molecule has 0 spiro atoms. The summed E-state index contributed by atoms with van der Waals surface area (Å²) in [6.07, 6.45) is 0. The number of H-pyrrole nitrogens is 1. The smallest absolute Gasteiger partial charge is 0.251 e. The van der Waals surface area contributed by atoms with Crippen molar-refractivity contribution in [1.82, 2.24) is 30.4 Å². The molecule has 1 fully saturated rings. The Morgan fingerprint density at radius 1 is 0.864 bits per heavy atom. The Labute approximate surface area is 259 Å². The van der Waals surface area contributed by atoms with Gasteiger partial charge in [-0.05, 0) is 34.0 Å². The Kier molecular flexibility index (Phi) is 9.16. The van der Waals surface area contributed by atoms with Gasteiger partial charge in [-0.2, -0.15) is 0 Å². The number of hydrogen-bond acceptors (Lipinski definition) is 8. The zero-order valence-corrected chi connectivity index (χ0v) is 25.2. The second-order valence-electron chi connectivity index (χ2n) is 10.5. The number of aromatic nitrogens is 4.